The summed E-state index contributed by atoms with van der Waals surface area (Å²) in [5.74, 6) is -1.37. The lowest BCUT2D eigenvalue weighted by Gasteiger charge is -2.20. The number of aryl methyl sites for hydroxylation is 1. The van der Waals surface area contributed by atoms with Crippen LogP contribution in [0.4, 0.5) is 24.5 Å². The molecule has 0 aromatic heterocycles. The van der Waals surface area contributed by atoms with E-state index in [1.165, 1.54) is 29.4 Å². The second kappa shape index (κ2) is 9.70. The van der Waals surface area contributed by atoms with Crippen molar-refractivity contribution in [3.05, 3.63) is 53.1 Å². The van der Waals surface area contributed by atoms with Gasteiger partial charge in [0.15, 0.2) is 0 Å². The molecule has 7 nitrogen and oxygen atoms in total. The van der Waals surface area contributed by atoms with E-state index in [1.807, 2.05) is 0 Å². The average Bonchev–Trinajstić information content (AvgIpc) is 2.68. The lowest BCUT2D eigenvalue weighted by molar-refractivity contribution is -0.137. The topological polar surface area (TPSA) is 95.6 Å². The second-order valence-electron chi connectivity index (χ2n) is 6.96. The largest absolute Gasteiger partial charge is 0.416 e. The molecule has 0 aliphatic heterocycles. The Kier molecular flexibility index (Phi) is 7.68. The van der Waals surface area contributed by atoms with Gasteiger partial charge < -0.3 is 10.6 Å². The van der Waals surface area contributed by atoms with Crippen LogP contribution in [0.25, 0.3) is 0 Å². The fourth-order valence-electron chi connectivity index (χ4n) is 3.04. The third-order valence-electron chi connectivity index (χ3n) is 4.68. The number of nitrogens with one attached hydrogen (secondary N) is 2. The van der Waals surface area contributed by atoms with E-state index in [2.05, 4.69) is 10.6 Å². The van der Waals surface area contributed by atoms with Crippen molar-refractivity contribution in [2.75, 3.05) is 23.7 Å². The first-order valence-corrected chi connectivity index (χ1v) is 11.2. The molecule has 2 aromatic carbocycles. The molecule has 0 spiro atoms. The van der Waals surface area contributed by atoms with Gasteiger partial charge in [-0.1, -0.05) is 19.9 Å². The van der Waals surface area contributed by atoms with Crippen molar-refractivity contribution in [3.63, 3.8) is 0 Å². The average molecular weight is 472 g/mol. The van der Waals surface area contributed by atoms with E-state index in [9.17, 15) is 31.2 Å². The monoisotopic (exact) mass is 471 g/mol. The number of sulfonamides is 1. The van der Waals surface area contributed by atoms with Crippen LogP contribution in [-0.2, 0) is 21.0 Å². The summed E-state index contributed by atoms with van der Waals surface area (Å²) in [6.45, 7) is 6.60. The highest BCUT2D eigenvalue weighted by Gasteiger charge is 2.31. The minimum Gasteiger partial charge on any atom is -0.325 e. The minimum atomic E-state index is -4.66. The van der Waals surface area contributed by atoms with Crippen LogP contribution in [0.5, 0.6) is 0 Å². The lowest BCUT2D eigenvalue weighted by Crippen LogP contribution is -2.31. The molecule has 0 atom stereocenters. The summed E-state index contributed by atoms with van der Waals surface area (Å²) in [5.41, 5.74) is -0.953. The predicted octanol–water partition coefficient (Wildman–Crippen LogP) is 4.26. The fraction of sp³-hybridized carbons (Fsp3) is 0.333. The Morgan fingerprint density at radius 2 is 1.59 bits per heavy atom. The van der Waals surface area contributed by atoms with Gasteiger partial charge >= 0.3 is 6.18 Å². The number of amides is 2. The number of benzene rings is 2. The Bertz CT molecular complexity index is 1130. The molecule has 0 aliphatic rings. The zero-order valence-corrected chi connectivity index (χ0v) is 18.8. The molecule has 0 saturated carbocycles. The van der Waals surface area contributed by atoms with Crippen LogP contribution in [0.3, 0.4) is 0 Å². The van der Waals surface area contributed by atoms with E-state index in [0.717, 1.165) is 12.1 Å². The summed E-state index contributed by atoms with van der Waals surface area (Å²) in [7, 11) is -3.86. The Labute approximate surface area is 184 Å². The van der Waals surface area contributed by atoms with Gasteiger partial charge in [0.2, 0.25) is 15.9 Å². The standard InChI is InChI=1S/C21H24F3N3O4S/c1-5-27(6-2)32(30,31)19-11-15(8-7-13(19)3)20(29)26-18-12-16(21(22,23)24)9-10-17(18)25-14(4)28/h7-12H,5-6H2,1-4H3,(H,25,28)(H,26,29). The highest BCUT2D eigenvalue weighted by Crippen LogP contribution is 2.34. The van der Waals surface area contributed by atoms with Gasteiger partial charge in [-0.15, -0.1) is 0 Å². The molecule has 0 fully saturated rings. The third-order valence-corrected chi connectivity index (χ3v) is 6.87. The van der Waals surface area contributed by atoms with E-state index < -0.39 is 33.6 Å². The van der Waals surface area contributed by atoms with Crippen LogP contribution in [0.1, 0.15) is 42.3 Å². The number of hydrogen-bond acceptors (Lipinski definition) is 4. The summed E-state index contributed by atoms with van der Waals surface area (Å²) in [4.78, 5) is 24.1. The molecule has 2 N–H and O–H groups in total. The molecule has 0 heterocycles. The van der Waals surface area contributed by atoms with Crippen molar-refractivity contribution in [2.45, 2.75) is 38.8 Å². The van der Waals surface area contributed by atoms with Crippen molar-refractivity contribution in [3.8, 4) is 0 Å². The van der Waals surface area contributed by atoms with Crippen LogP contribution >= 0.6 is 0 Å². The number of hydrogen-bond donors (Lipinski definition) is 2. The Balaban J connectivity index is 2.48. The number of nitrogens with zero attached hydrogens (tertiary/aromatic N) is 1. The van der Waals surface area contributed by atoms with Crippen LogP contribution in [-0.4, -0.2) is 37.6 Å². The molecule has 32 heavy (non-hydrogen) atoms. The van der Waals surface area contributed by atoms with Crippen LogP contribution in [0.2, 0.25) is 0 Å². The molecule has 2 aromatic rings. The van der Waals surface area contributed by atoms with Gasteiger partial charge in [0.05, 0.1) is 21.8 Å². The minimum absolute atomic E-state index is 0.0260. The Morgan fingerprint density at radius 1 is 0.969 bits per heavy atom. The summed E-state index contributed by atoms with van der Waals surface area (Å²) in [5, 5.41) is 4.70. The SMILES string of the molecule is CCN(CC)S(=O)(=O)c1cc(C(=O)Nc2cc(C(F)(F)F)ccc2NC(C)=O)ccc1C. The maximum Gasteiger partial charge on any atom is 0.416 e. The van der Waals surface area contributed by atoms with Crippen molar-refractivity contribution in [1.82, 2.24) is 4.31 Å². The van der Waals surface area contributed by atoms with Crippen molar-refractivity contribution < 1.29 is 31.2 Å². The van der Waals surface area contributed by atoms with Gasteiger partial charge in [0.25, 0.3) is 5.91 Å². The van der Waals surface area contributed by atoms with E-state index in [-0.39, 0.29) is 34.9 Å². The molecule has 0 saturated heterocycles. The van der Waals surface area contributed by atoms with Gasteiger partial charge in [-0.3, -0.25) is 9.59 Å². The first-order chi connectivity index (χ1) is 14.8. The molecule has 0 aliphatic carbocycles. The van der Waals surface area contributed by atoms with Crippen molar-refractivity contribution >= 4 is 33.2 Å². The zero-order chi connectivity index (χ0) is 24.3. The van der Waals surface area contributed by atoms with Crippen LogP contribution < -0.4 is 10.6 Å². The highest BCUT2D eigenvalue weighted by atomic mass is 32.2. The molecular weight excluding hydrogens is 447 g/mol. The number of alkyl halides is 3. The van der Waals surface area contributed by atoms with Crippen molar-refractivity contribution in [1.29, 1.82) is 0 Å². The molecule has 0 unspecified atom stereocenters. The number of anilines is 2. The van der Waals surface area contributed by atoms with Gasteiger partial charge in [0, 0.05) is 25.6 Å². The van der Waals surface area contributed by atoms with Gasteiger partial charge in [-0.2, -0.15) is 17.5 Å². The predicted molar refractivity (Wildman–Crippen MR) is 115 cm³/mol. The van der Waals surface area contributed by atoms with E-state index in [0.29, 0.717) is 11.6 Å². The van der Waals surface area contributed by atoms with Crippen LogP contribution in [0.15, 0.2) is 41.3 Å². The van der Waals surface area contributed by atoms with E-state index >= 15 is 0 Å². The van der Waals surface area contributed by atoms with E-state index in [4.69, 9.17) is 0 Å². The number of carbonyl (C=O) groups excluding carboxylic acids is 2. The molecule has 0 radical (unpaired) electrons. The van der Waals surface area contributed by atoms with Gasteiger partial charge in [-0.05, 0) is 42.8 Å². The Hall–Kier alpha value is -2.92. The summed E-state index contributed by atoms with van der Waals surface area (Å²) >= 11 is 0. The first-order valence-electron chi connectivity index (χ1n) is 9.72. The fourth-order valence-corrected chi connectivity index (χ4v) is 4.75. The van der Waals surface area contributed by atoms with Gasteiger partial charge in [-0.25, -0.2) is 8.42 Å². The normalized spacial score (nSPS) is 12.0. The van der Waals surface area contributed by atoms with Crippen LogP contribution in [0, 0.1) is 6.92 Å². The first kappa shape index (κ1) is 25.3. The molecule has 174 valence electrons. The maximum atomic E-state index is 13.1. The summed E-state index contributed by atoms with van der Waals surface area (Å²) in [6.07, 6.45) is -4.66. The quantitative estimate of drug-likeness (QED) is 0.631. The zero-order valence-electron chi connectivity index (χ0n) is 18.0. The molecule has 11 heteroatoms. The smallest absolute Gasteiger partial charge is 0.325 e. The number of halogens is 3. The second-order valence-corrected chi connectivity index (χ2v) is 8.87. The summed E-state index contributed by atoms with van der Waals surface area (Å²) < 4.78 is 66.4. The van der Waals surface area contributed by atoms with E-state index in [1.54, 1.807) is 20.8 Å². The molecule has 2 rings (SSSR count). The maximum absolute atomic E-state index is 13.1. The highest BCUT2D eigenvalue weighted by molar-refractivity contribution is 7.89. The molecular formula is C21H24F3N3O4S. The lowest BCUT2D eigenvalue weighted by atomic mass is 10.1. The Morgan fingerprint density at radius 3 is 2.12 bits per heavy atom. The third kappa shape index (κ3) is 5.65. The molecule has 2 amide bonds. The van der Waals surface area contributed by atoms with Crippen molar-refractivity contribution in [2.24, 2.45) is 0 Å². The molecule has 0 bridgehead atoms. The summed E-state index contributed by atoms with van der Waals surface area (Å²) in [6, 6.07) is 6.52. The number of rotatable bonds is 7. The number of carbonyl (C=O) groups is 2. The van der Waals surface area contributed by atoms with Gasteiger partial charge in [0.1, 0.15) is 0 Å².